The first-order valence-electron chi connectivity index (χ1n) is 10.5. The van der Waals surface area contributed by atoms with Crippen molar-refractivity contribution in [2.24, 2.45) is 0 Å². The second kappa shape index (κ2) is 9.53. The average Bonchev–Trinajstić information content (AvgIpc) is 3.17. The van der Waals surface area contributed by atoms with Gasteiger partial charge in [-0.15, -0.1) is 10.2 Å². The van der Waals surface area contributed by atoms with Gasteiger partial charge in [-0.3, -0.25) is 0 Å². The van der Waals surface area contributed by atoms with Gasteiger partial charge in [0.05, 0.1) is 30.6 Å². The number of anilines is 2. The number of hydrogen-bond acceptors (Lipinski definition) is 7. The van der Waals surface area contributed by atoms with E-state index in [4.69, 9.17) is 21.1 Å². The number of aromatic nitrogens is 4. The molecule has 11 heteroatoms. The SMILES string of the molecule is COc1cc(OC)c(NC(=O)N2CCN(c3ccc(-n4nc(C)cc4C)nn3)CC2)cc1Cl. The highest BCUT2D eigenvalue weighted by molar-refractivity contribution is 6.32. The lowest BCUT2D eigenvalue weighted by atomic mass is 10.2. The minimum atomic E-state index is -0.222. The molecule has 33 heavy (non-hydrogen) atoms. The molecule has 2 aromatic heterocycles. The standard InChI is InChI=1S/C22H26ClN7O3/c1-14-11-15(2)30(27-14)21-6-5-20(25-26-21)28-7-9-29(10-8-28)22(31)24-17-12-16(23)18(32-3)13-19(17)33-4/h5-6,11-13H,7-10H2,1-4H3,(H,24,31). The number of nitrogens with one attached hydrogen (secondary N) is 1. The Labute approximate surface area is 197 Å². The second-order valence-electron chi connectivity index (χ2n) is 7.68. The molecule has 1 N–H and O–H groups in total. The third-order valence-electron chi connectivity index (χ3n) is 5.47. The van der Waals surface area contributed by atoms with Crippen molar-refractivity contribution >= 4 is 29.1 Å². The minimum absolute atomic E-state index is 0.222. The molecule has 3 aromatic rings. The molecule has 0 unspecified atom stereocenters. The van der Waals surface area contributed by atoms with Gasteiger partial charge >= 0.3 is 6.03 Å². The van der Waals surface area contributed by atoms with Gasteiger partial charge in [0.15, 0.2) is 11.6 Å². The monoisotopic (exact) mass is 471 g/mol. The van der Waals surface area contributed by atoms with Crippen LogP contribution in [0.3, 0.4) is 0 Å². The third kappa shape index (κ3) is 4.80. The van der Waals surface area contributed by atoms with Crippen molar-refractivity contribution in [3.05, 3.63) is 46.7 Å². The number of benzene rings is 1. The molecule has 1 saturated heterocycles. The molecule has 0 spiro atoms. The quantitative estimate of drug-likeness (QED) is 0.609. The highest BCUT2D eigenvalue weighted by atomic mass is 35.5. The molecule has 0 radical (unpaired) electrons. The van der Waals surface area contributed by atoms with E-state index in [1.165, 1.54) is 14.2 Å². The van der Waals surface area contributed by atoms with E-state index >= 15 is 0 Å². The number of aryl methyl sites for hydroxylation is 2. The zero-order valence-electron chi connectivity index (χ0n) is 19.0. The lowest BCUT2D eigenvalue weighted by Crippen LogP contribution is -2.50. The zero-order chi connectivity index (χ0) is 23.5. The maximum absolute atomic E-state index is 12.8. The van der Waals surface area contributed by atoms with Crippen molar-refractivity contribution in [3.63, 3.8) is 0 Å². The van der Waals surface area contributed by atoms with Crippen LogP contribution in [0.1, 0.15) is 11.4 Å². The summed E-state index contributed by atoms with van der Waals surface area (Å²) in [5, 5.41) is 16.4. The smallest absolute Gasteiger partial charge is 0.322 e. The Morgan fingerprint density at radius 2 is 1.64 bits per heavy atom. The van der Waals surface area contributed by atoms with Crippen molar-refractivity contribution in [3.8, 4) is 17.3 Å². The maximum atomic E-state index is 12.8. The van der Waals surface area contributed by atoms with Gasteiger partial charge in [0.2, 0.25) is 0 Å². The van der Waals surface area contributed by atoms with Crippen molar-refractivity contribution in [2.75, 3.05) is 50.6 Å². The van der Waals surface area contributed by atoms with E-state index in [2.05, 4.69) is 25.5 Å². The maximum Gasteiger partial charge on any atom is 0.322 e. The number of carbonyl (C=O) groups is 1. The number of ether oxygens (including phenoxy) is 2. The van der Waals surface area contributed by atoms with Crippen LogP contribution in [-0.4, -0.2) is 71.3 Å². The van der Waals surface area contributed by atoms with Gasteiger partial charge in [-0.1, -0.05) is 11.6 Å². The van der Waals surface area contributed by atoms with Crippen LogP contribution in [0, 0.1) is 13.8 Å². The summed E-state index contributed by atoms with van der Waals surface area (Å²) in [7, 11) is 3.05. The van der Waals surface area contributed by atoms with Crippen LogP contribution in [0.4, 0.5) is 16.3 Å². The number of carbonyl (C=O) groups excluding carboxylic acids is 1. The van der Waals surface area contributed by atoms with E-state index in [1.807, 2.05) is 32.0 Å². The van der Waals surface area contributed by atoms with E-state index in [0.29, 0.717) is 54.2 Å². The Morgan fingerprint density at radius 3 is 2.21 bits per heavy atom. The minimum Gasteiger partial charge on any atom is -0.495 e. The highest BCUT2D eigenvalue weighted by Crippen LogP contribution is 2.36. The van der Waals surface area contributed by atoms with E-state index < -0.39 is 0 Å². The first-order valence-corrected chi connectivity index (χ1v) is 10.9. The Bertz CT molecular complexity index is 1140. The fourth-order valence-electron chi connectivity index (χ4n) is 3.75. The van der Waals surface area contributed by atoms with E-state index in [1.54, 1.807) is 21.7 Å². The Hall–Kier alpha value is -3.53. The zero-order valence-corrected chi connectivity index (χ0v) is 19.8. The van der Waals surface area contributed by atoms with Gasteiger partial charge in [0.25, 0.3) is 0 Å². The summed E-state index contributed by atoms with van der Waals surface area (Å²) in [6.07, 6.45) is 0. The summed E-state index contributed by atoms with van der Waals surface area (Å²) in [5.74, 6) is 2.39. The van der Waals surface area contributed by atoms with E-state index in [-0.39, 0.29) is 6.03 Å². The molecular formula is C22H26ClN7O3. The predicted molar refractivity (Wildman–Crippen MR) is 126 cm³/mol. The normalized spacial score (nSPS) is 13.7. The predicted octanol–water partition coefficient (Wildman–Crippen LogP) is 3.30. The first-order chi connectivity index (χ1) is 15.9. The Morgan fingerprint density at radius 1 is 0.970 bits per heavy atom. The molecule has 0 bridgehead atoms. The van der Waals surface area contributed by atoms with Crippen molar-refractivity contribution in [1.29, 1.82) is 0 Å². The topological polar surface area (TPSA) is 97.6 Å². The number of hydrogen-bond donors (Lipinski definition) is 1. The number of methoxy groups -OCH3 is 2. The Kier molecular flexibility index (Phi) is 6.55. The van der Waals surface area contributed by atoms with Crippen molar-refractivity contribution < 1.29 is 14.3 Å². The first kappa shape index (κ1) is 22.7. The number of halogens is 1. The van der Waals surface area contributed by atoms with Gasteiger partial charge in [-0.05, 0) is 38.1 Å². The van der Waals surface area contributed by atoms with Crippen molar-refractivity contribution in [1.82, 2.24) is 24.9 Å². The van der Waals surface area contributed by atoms with Crippen LogP contribution >= 0.6 is 11.6 Å². The summed E-state index contributed by atoms with van der Waals surface area (Å²) in [6, 6.07) is 8.87. The number of piperazine rings is 1. The number of nitrogens with zero attached hydrogens (tertiary/aromatic N) is 6. The molecule has 0 saturated carbocycles. The molecule has 0 atom stereocenters. The largest absolute Gasteiger partial charge is 0.495 e. The molecule has 0 aliphatic carbocycles. The summed E-state index contributed by atoms with van der Waals surface area (Å²) in [4.78, 5) is 16.7. The summed E-state index contributed by atoms with van der Waals surface area (Å²) >= 11 is 6.20. The molecule has 10 nitrogen and oxygen atoms in total. The molecule has 1 fully saturated rings. The lowest BCUT2D eigenvalue weighted by molar-refractivity contribution is 0.208. The molecule has 1 aliphatic heterocycles. The Balaban J connectivity index is 1.37. The van der Waals surface area contributed by atoms with Crippen LogP contribution in [0.5, 0.6) is 11.5 Å². The average molecular weight is 472 g/mol. The summed E-state index contributed by atoms with van der Waals surface area (Å²) in [6.45, 7) is 6.29. The van der Waals surface area contributed by atoms with Crippen LogP contribution < -0.4 is 19.7 Å². The molecule has 1 aliphatic rings. The molecule has 1 aromatic carbocycles. The van der Waals surface area contributed by atoms with Gasteiger partial charge in [0, 0.05) is 37.9 Å². The van der Waals surface area contributed by atoms with Gasteiger partial charge in [-0.2, -0.15) is 5.10 Å². The van der Waals surface area contributed by atoms with Gasteiger partial charge in [-0.25, -0.2) is 9.48 Å². The van der Waals surface area contributed by atoms with Gasteiger partial charge < -0.3 is 24.6 Å². The van der Waals surface area contributed by atoms with E-state index in [0.717, 1.165) is 17.2 Å². The third-order valence-corrected chi connectivity index (χ3v) is 5.76. The summed E-state index contributed by atoms with van der Waals surface area (Å²) < 4.78 is 12.3. The van der Waals surface area contributed by atoms with E-state index in [9.17, 15) is 4.79 Å². The highest BCUT2D eigenvalue weighted by Gasteiger charge is 2.23. The number of amides is 2. The van der Waals surface area contributed by atoms with Crippen LogP contribution in [0.25, 0.3) is 5.82 Å². The summed E-state index contributed by atoms with van der Waals surface area (Å²) in [5.41, 5.74) is 2.42. The van der Waals surface area contributed by atoms with Crippen LogP contribution in [0.15, 0.2) is 30.3 Å². The number of rotatable bonds is 5. The molecule has 3 heterocycles. The lowest BCUT2D eigenvalue weighted by Gasteiger charge is -2.35. The fraction of sp³-hybridized carbons (Fsp3) is 0.364. The van der Waals surface area contributed by atoms with Crippen molar-refractivity contribution in [2.45, 2.75) is 13.8 Å². The molecule has 174 valence electrons. The van der Waals surface area contributed by atoms with Crippen LogP contribution in [-0.2, 0) is 0 Å². The van der Waals surface area contributed by atoms with Gasteiger partial charge in [0.1, 0.15) is 11.5 Å². The number of urea groups is 1. The van der Waals surface area contributed by atoms with Crippen LogP contribution in [0.2, 0.25) is 5.02 Å². The second-order valence-corrected chi connectivity index (χ2v) is 8.09. The molecular weight excluding hydrogens is 446 g/mol. The fourth-order valence-corrected chi connectivity index (χ4v) is 3.99. The molecule has 4 rings (SSSR count). The molecule has 2 amide bonds.